The fraction of sp³-hybridized carbons (Fsp3) is 0.429. The molecule has 108 valence electrons. The molecule has 0 aliphatic carbocycles. The minimum Gasteiger partial charge on any atom is -0.345 e. The molecule has 0 saturated carbocycles. The smallest absolute Gasteiger partial charge is 0.223 e. The number of hydrogen-bond acceptors (Lipinski definition) is 4. The maximum Gasteiger partial charge on any atom is 0.223 e. The Morgan fingerprint density at radius 3 is 2.45 bits per heavy atom. The lowest BCUT2D eigenvalue weighted by molar-refractivity contribution is -0.129. The standard InChI is InChI=1S/C14H18N2O3S/c1-12-4-6-13(7-5-12)20(18,19)11-8-14(17)16(2)10-3-9-15/h4-7H,3,8,10-11H2,1-2H3. The molecular weight excluding hydrogens is 276 g/mol. The molecule has 1 rings (SSSR count). The first kappa shape index (κ1) is 16.2. The van der Waals surface area contributed by atoms with Gasteiger partial charge in [-0.2, -0.15) is 5.26 Å². The highest BCUT2D eigenvalue weighted by Gasteiger charge is 2.17. The van der Waals surface area contributed by atoms with Gasteiger partial charge in [0.15, 0.2) is 9.84 Å². The summed E-state index contributed by atoms with van der Waals surface area (Å²) in [5.74, 6) is -0.484. The maximum atomic E-state index is 12.1. The summed E-state index contributed by atoms with van der Waals surface area (Å²) in [6.07, 6.45) is 0.172. The Bertz CT molecular complexity index is 600. The summed E-state index contributed by atoms with van der Waals surface area (Å²) in [6.45, 7) is 2.20. The second-order valence-electron chi connectivity index (χ2n) is 4.61. The van der Waals surface area contributed by atoms with Crippen molar-refractivity contribution in [3.63, 3.8) is 0 Å². The third-order valence-corrected chi connectivity index (χ3v) is 4.68. The molecule has 1 aromatic rings. The first-order chi connectivity index (χ1) is 9.36. The lowest BCUT2D eigenvalue weighted by Gasteiger charge is -2.15. The third-order valence-electron chi connectivity index (χ3n) is 2.95. The number of sulfone groups is 1. The number of carbonyl (C=O) groups excluding carboxylic acids is 1. The molecule has 0 bridgehead atoms. The minimum atomic E-state index is -3.44. The number of rotatable bonds is 6. The third kappa shape index (κ3) is 4.67. The average Bonchev–Trinajstić information content (AvgIpc) is 2.42. The van der Waals surface area contributed by atoms with Crippen molar-refractivity contribution >= 4 is 15.7 Å². The second kappa shape index (κ2) is 7.06. The van der Waals surface area contributed by atoms with Crippen molar-refractivity contribution in [1.29, 1.82) is 5.26 Å². The summed E-state index contributed by atoms with van der Waals surface area (Å²) in [7, 11) is -1.87. The molecule has 5 nitrogen and oxygen atoms in total. The predicted molar refractivity (Wildman–Crippen MR) is 75.7 cm³/mol. The fourth-order valence-electron chi connectivity index (χ4n) is 1.62. The highest BCUT2D eigenvalue weighted by molar-refractivity contribution is 7.91. The first-order valence-corrected chi connectivity index (χ1v) is 7.92. The number of benzene rings is 1. The van der Waals surface area contributed by atoms with E-state index in [1.165, 1.54) is 4.90 Å². The van der Waals surface area contributed by atoms with Crippen molar-refractivity contribution in [3.05, 3.63) is 29.8 Å². The minimum absolute atomic E-state index is 0.0713. The quantitative estimate of drug-likeness (QED) is 0.797. The van der Waals surface area contributed by atoms with Gasteiger partial charge in [-0.3, -0.25) is 4.79 Å². The van der Waals surface area contributed by atoms with E-state index in [1.807, 2.05) is 13.0 Å². The topological polar surface area (TPSA) is 78.2 Å². The highest BCUT2D eigenvalue weighted by atomic mass is 32.2. The Hall–Kier alpha value is -1.87. The molecule has 1 aromatic carbocycles. The maximum absolute atomic E-state index is 12.1. The van der Waals surface area contributed by atoms with Gasteiger partial charge in [-0.05, 0) is 19.1 Å². The normalized spacial score (nSPS) is 10.8. The molecular formula is C14H18N2O3S. The molecule has 1 amide bonds. The van der Waals surface area contributed by atoms with E-state index in [9.17, 15) is 13.2 Å². The SMILES string of the molecule is Cc1ccc(S(=O)(=O)CCC(=O)N(C)CCC#N)cc1. The largest absolute Gasteiger partial charge is 0.345 e. The van der Waals surface area contributed by atoms with E-state index < -0.39 is 9.84 Å². The number of nitrogens with zero attached hydrogens (tertiary/aromatic N) is 2. The van der Waals surface area contributed by atoms with Gasteiger partial charge in [0.1, 0.15) is 0 Å². The molecule has 0 radical (unpaired) electrons. The van der Waals surface area contributed by atoms with Gasteiger partial charge in [-0.1, -0.05) is 17.7 Å². The molecule has 0 N–H and O–H groups in total. The van der Waals surface area contributed by atoms with E-state index in [1.54, 1.807) is 31.3 Å². The second-order valence-corrected chi connectivity index (χ2v) is 6.71. The number of carbonyl (C=O) groups is 1. The van der Waals surface area contributed by atoms with Crippen molar-refractivity contribution in [2.45, 2.75) is 24.7 Å². The number of hydrogen-bond donors (Lipinski definition) is 0. The summed E-state index contributed by atoms with van der Waals surface area (Å²) in [6, 6.07) is 8.50. The van der Waals surface area contributed by atoms with Gasteiger partial charge >= 0.3 is 0 Å². The predicted octanol–water partition coefficient (Wildman–Crippen LogP) is 1.53. The molecule has 0 heterocycles. The fourth-order valence-corrected chi connectivity index (χ4v) is 2.85. The monoisotopic (exact) mass is 294 g/mol. The van der Waals surface area contributed by atoms with Crippen LogP contribution in [0.5, 0.6) is 0 Å². The van der Waals surface area contributed by atoms with Gasteiger partial charge in [-0.15, -0.1) is 0 Å². The zero-order chi connectivity index (χ0) is 15.2. The molecule has 6 heteroatoms. The van der Waals surface area contributed by atoms with Crippen LogP contribution in [-0.2, 0) is 14.6 Å². The number of amides is 1. The summed E-state index contributed by atoms with van der Waals surface area (Å²) in [5.41, 5.74) is 0.983. The van der Waals surface area contributed by atoms with E-state index in [-0.39, 0.29) is 29.4 Å². The van der Waals surface area contributed by atoms with Crippen LogP contribution in [0.25, 0.3) is 0 Å². The summed E-state index contributed by atoms with van der Waals surface area (Å²) >= 11 is 0. The summed E-state index contributed by atoms with van der Waals surface area (Å²) in [5, 5.41) is 8.44. The van der Waals surface area contributed by atoms with Crippen molar-refractivity contribution in [2.24, 2.45) is 0 Å². The molecule has 0 aromatic heterocycles. The summed E-state index contributed by atoms with van der Waals surface area (Å²) < 4.78 is 24.1. The van der Waals surface area contributed by atoms with E-state index in [0.717, 1.165) is 5.56 Å². The molecule has 0 spiro atoms. The number of nitriles is 1. The van der Waals surface area contributed by atoms with Crippen LogP contribution in [0.1, 0.15) is 18.4 Å². The molecule has 0 aliphatic heterocycles. The lowest BCUT2D eigenvalue weighted by atomic mass is 10.2. The Kier molecular flexibility index (Phi) is 5.71. The van der Waals surface area contributed by atoms with Gasteiger partial charge < -0.3 is 4.90 Å². The van der Waals surface area contributed by atoms with E-state index >= 15 is 0 Å². The van der Waals surface area contributed by atoms with Crippen LogP contribution in [0.2, 0.25) is 0 Å². The van der Waals surface area contributed by atoms with Crippen molar-refractivity contribution < 1.29 is 13.2 Å². The Balaban J connectivity index is 2.62. The van der Waals surface area contributed by atoms with Crippen molar-refractivity contribution in [1.82, 2.24) is 4.90 Å². The summed E-state index contributed by atoms with van der Waals surface area (Å²) in [4.78, 5) is 13.3. The van der Waals surface area contributed by atoms with Gasteiger partial charge in [0.25, 0.3) is 0 Å². The molecule has 0 saturated heterocycles. The van der Waals surface area contributed by atoms with Crippen molar-refractivity contribution in [2.75, 3.05) is 19.3 Å². The van der Waals surface area contributed by atoms with Gasteiger partial charge in [0.2, 0.25) is 5.91 Å². The van der Waals surface area contributed by atoms with E-state index in [0.29, 0.717) is 6.54 Å². The van der Waals surface area contributed by atoms with Crippen LogP contribution in [-0.4, -0.2) is 38.6 Å². The lowest BCUT2D eigenvalue weighted by Crippen LogP contribution is -2.29. The molecule has 20 heavy (non-hydrogen) atoms. The Morgan fingerprint density at radius 1 is 1.30 bits per heavy atom. The molecule has 0 aliphatic rings. The van der Waals surface area contributed by atoms with E-state index in [4.69, 9.17) is 5.26 Å². The molecule has 0 fully saturated rings. The van der Waals surface area contributed by atoms with Crippen LogP contribution < -0.4 is 0 Å². The zero-order valence-electron chi connectivity index (χ0n) is 11.7. The molecule has 0 atom stereocenters. The van der Waals surface area contributed by atoms with Crippen LogP contribution in [0, 0.1) is 18.3 Å². The van der Waals surface area contributed by atoms with Crippen LogP contribution in [0.3, 0.4) is 0 Å². The Labute approximate surface area is 119 Å². The Morgan fingerprint density at radius 2 is 1.90 bits per heavy atom. The van der Waals surface area contributed by atoms with Crippen LogP contribution in [0.15, 0.2) is 29.2 Å². The van der Waals surface area contributed by atoms with E-state index in [2.05, 4.69) is 0 Å². The van der Waals surface area contributed by atoms with Crippen molar-refractivity contribution in [3.8, 4) is 6.07 Å². The van der Waals surface area contributed by atoms with Crippen LogP contribution in [0.4, 0.5) is 0 Å². The van der Waals surface area contributed by atoms with Gasteiger partial charge in [0, 0.05) is 20.0 Å². The number of aryl methyl sites for hydroxylation is 1. The zero-order valence-corrected chi connectivity index (χ0v) is 12.5. The average molecular weight is 294 g/mol. The van der Waals surface area contributed by atoms with Gasteiger partial charge in [-0.25, -0.2) is 8.42 Å². The molecule has 0 unspecified atom stereocenters. The first-order valence-electron chi connectivity index (χ1n) is 6.27. The highest BCUT2D eigenvalue weighted by Crippen LogP contribution is 2.13. The van der Waals surface area contributed by atoms with Crippen LogP contribution >= 0.6 is 0 Å². The van der Waals surface area contributed by atoms with Gasteiger partial charge in [0.05, 0.1) is 23.1 Å².